The summed E-state index contributed by atoms with van der Waals surface area (Å²) < 4.78 is 11.7. The van der Waals surface area contributed by atoms with Crippen molar-refractivity contribution in [1.82, 2.24) is 0 Å². The van der Waals surface area contributed by atoms with E-state index >= 15 is 0 Å². The van der Waals surface area contributed by atoms with Crippen LogP contribution >= 0.6 is 0 Å². The Morgan fingerprint density at radius 1 is 1.04 bits per heavy atom. The molecule has 4 nitrogen and oxygen atoms in total. The van der Waals surface area contributed by atoms with Crippen LogP contribution in [0.15, 0.2) is 48.5 Å². The van der Waals surface area contributed by atoms with Gasteiger partial charge in [-0.25, -0.2) is 0 Å². The van der Waals surface area contributed by atoms with Crippen molar-refractivity contribution in [3.8, 4) is 5.75 Å². The van der Waals surface area contributed by atoms with Crippen molar-refractivity contribution in [3.63, 3.8) is 0 Å². The molecule has 0 heterocycles. The van der Waals surface area contributed by atoms with E-state index in [0.717, 1.165) is 11.0 Å². The van der Waals surface area contributed by atoms with Crippen LogP contribution in [0.2, 0.25) is 0 Å². The van der Waals surface area contributed by atoms with Crippen LogP contribution in [-0.4, -0.2) is 23.8 Å². The fraction of sp³-hybridized carbons (Fsp3) is 0.368. The lowest BCUT2D eigenvalue weighted by molar-refractivity contribution is -0.0893. The largest absolute Gasteiger partial charge is 0.489 e. The lowest BCUT2D eigenvalue weighted by Crippen LogP contribution is -2.49. The molecule has 0 radical (unpaired) electrons. The maximum atomic E-state index is 10.2. The SMILES string of the molecule is CC(C)(O)C(C)(C)OBc1cc(N)cc(OCc2ccccc2)c1. The van der Waals surface area contributed by atoms with E-state index in [2.05, 4.69) is 0 Å². The molecule has 0 atom stereocenters. The minimum atomic E-state index is -0.944. The Kier molecular flexibility index (Phi) is 5.57. The lowest BCUT2D eigenvalue weighted by Gasteiger charge is -2.37. The molecule has 0 aliphatic heterocycles. The summed E-state index contributed by atoms with van der Waals surface area (Å²) in [6.45, 7) is 7.69. The number of hydrogen-bond donors (Lipinski definition) is 2. The summed E-state index contributed by atoms with van der Waals surface area (Å²) in [7, 11) is 0.351. The third-order valence-corrected chi connectivity index (χ3v) is 4.31. The molecule has 128 valence electrons. The number of ether oxygens (including phenoxy) is 1. The average molecular weight is 327 g/mol. The lowest BCUT2D eigenvalue weighted by atomic mass is 9.82. The molecular weight excluding hydrogens is 301 g/mol. The molecule has 0 bridgehead atoms. The Morgan fingerprint density at radius 2 is 1.71 bits per heavy atom. The van der Waals surface area contributed by atoms with Crippen molar-refractivity contribution in [2.45, 2.75) is 45.5 Å². The Morgan fingerprint density at radius 3 is 2.33 bits per heavy atom. The third-order valence-electron chi connectivity index (χ3n) is 4.31. The summed E-state index contributed by atoms with van der Waals surface area (Å²) in [4.78, 5) is 0. The zero-order valence-corrected chi connectivity index (χ0v) is 14.9. The maximum Gasteiger partial charge on any atom is 0.309 e. The molecule has 0 aliphatic rings. The molecule has 2 aromatic rings. The van der Waals surface area contributed by atoms with Crippen molar-refractivity contribution in [2.24, 2.45) is 0 Å². The van der Waals surface area contributed by atoms with E-state index in [1.54, 1.807) is 19.9 Å². The molecule has 0 spiro atoms. The quantitative estimate of drug-likeness (QED) is 0.605. The van der Waals surface area contributed by atoms with Gasteiger partial charge in [0.15, 0.2) is 0 Å². The number of nitrogen functional groups attached to an aromatic ring is 1. The summed E-state index contributed by atoms with van der Waals surface area (Å²) in [5.74, 6) is 0.707. The molecule has 24 heavy (non-hydrogen) atoms. The van der Waals surface area contributed by atoms with E-state index < -0.39 is 11.2 Å². The molecule has 3 N–H and O–H groups in total. The first-order valence-corrected chi connectivity index (χ1v) is 8.10. The van der Waals surface area contributed by atoms with Gasteiger partial charge in [0.05, 0.1) is 11.2 Å². The van der Waals surface area contributed by atoms with Crippen LogP contribution in [0.5, 0.6) is 5.75 Å². The molecule has 5 heteroatoms. The Hall–Kier alpha value is -1.98. The summed E-state index contributed by atoms with van der Waals surface area (Å²) in [5.41, 5.74) is 6.98. The number of anilines is 1. The van der Waals surface area contributed by atoms with Gasteiger partial charge in [-0.05, 0) is 50.9 Å². The smallest absolute Gasteiger partial charge is 0.309 e. The summed E-state index contributed by atoms with van der Waals surface area (Å²) in [6.07, 6.45) is 0. The van der Waals surface area contributed by atoms with Gasteiger partial charge >= 0.3 is 7.48 Å². The first-order valence-electron chi connectivity index (χ1n) is 8.10. The van der Waals surface area contributed by atoms with Gasteiger partial charge in [-0.2, -0.15) is 0 Å². The minimum Gasteiger partial charge on any atom is -0.489 e. The zero-order valence-electron chi connectivity index (χ0n) is 14.9. The van der Waals surface area contributed by atoms with Crippen LogP contribution in [0.1, 0.15) is 33.3 Å². The van der Waals surface area contributed by atoms with Gasteiger partial charge < -0.3 is 20.2 Å². The number of benzene rings is 2. The van der Waals surface area contributed by atoms with E-state index in [9.17, 15) is 5.11 Å². The van der Waals surface area contributed by atoms with Gasteiger partial charge in [0.2, 0.25) is 0 Å². The van der Waals surface area contributed by atoms with Gasteiger partial charge in [-0.1, -0.05) is 30.3 Å². The Balaban J connectivity index is 2.03. The van der Waals surface area contributed by atoms with E-state index in [1.165, 1.54) is 0 Å². The van der Waals surface area contributed by atoms with E-state index in [4.69, 9.17) is 15.1 Å². The number of nitrogens with two attached hydrogens (primary N) is 1. The summed E-state index contributed by atoms with van der Waals surface area (Å²) in [6, 6.07) is 15.5. The van der Waals surface area contributed by atoms with Crippen LogP contribution < -0.4 is 15.9 Å². The number of rotatable bonds is 7. The average Bonchev–Trinajstić information content (AvgIpc) is 2.51. The highest BCUT2D eigenvalue weighted by molar-refractivity contribution is 6.47. The highest BCUT2D eigenvalue weighted by Crippen LogP contribution is 2.24. The fourth-order valence-corrected chi connectivity index (χ4v) is 2.03. The monoisotopic (exact) mass is 327 g/mol. The van der Waals surface area contributed by atoms with Gasteiger partial charge in [-0.15, -0.1) is 0 Å². The standard InChI is InChI=1S/C19H26BNO3/c1-18(2,22)19(3,4)24-20-15-10-16(21)12-17(11-15)23-13-14-8-6-5-7-9-14/h5-12,20,22H,13,21H2,1-4H3. The topological polar surface area (TPSA) is 64.7 Å². The molecule has 0 unspecified atom stereocenters. The summed E-state index contributed by atoms with van der Waals surface area (Å²) >= 11 is 0. The highest BCUT2D eigenvalue weighted by Gasteiger charge is 2.35. The molecule has 0 aromatic heterocycles. The molecule has 0 saturated heterocycles. The van der Waals surface area contributed by atoms with Gasteiger partial charge in [0, 0.05) is 11.8 Å². The van der Waals surface area contributed by atoms with E-state index in [1.807, 2.05) is 56.3 Å². The number of hydrogen-bond acceptors (Lipinski definition) is 4. The molecule has 0 amide bonds. The second kappa shape index (κ2) is 7.28. The van der Waals surface area contributed by atoms with Gasteiger partial charge in [-0.3, -0.25) is 0 Å². The van der Waals surface area contributed by atoms with Crippen LogP contribution in [0.4, 0.5) is 5.69 Å². The minimum absolute atomic E-state index is 0.351. The van der Waals surface area contributed by atoms with Crippen molar-refractivity contribution in [1.29, 1.82) is 0 Å². The van der Waals surface area contributed by atoms with Crippen LogP contribution in [-0.2, 0) is 11.3 Å². The predicted octanol–water partition coefficient (Wildman–Crippen LogP) is 2.39. The van der Waals surface area contributed by atoms with Crippen LogP contribution in [0.3, 0.4) is 0 Å². The van der Waals surface area contributed by atoms with Gasteiger partial charge in [0.25, 0.3) is 0 Å². The van der Waals surface area contributed by atoms with Crippen molar-refractivity contribution >= 4 is 18.6 Å². The van der Waals surface area contributed by atoms with Crippen molar-refractivity contribution in [3.05, 3.63) is 54.1 Å². The molecule has 0 aliphatic carbocycles. The first-order chi connectivity index (χ1) is 11.2. The zero-order chi connectivity index (χ0) is 17.8. The normalized spacial score (nSPS) is 12.0. The second-order valence-corrected chi connectivity index (χ2v) is 7.04. The second-order valence-electron chi connectivity index (χ2n) is 7.04. The summed E-state index contributed by atoms with van der Waals surface area (Å²) in [5, 5.41) is 10.2. The van der Waals surface area contributed by atoms with Crippen molar-refractivity contribution in [2.75, 3.05) is 5.73 Å². The van der Waals surface area contributed by atoms with Gasteiger partial charge in [0.1, 0.15) is 12.4 Å². The highest BCUT2D eigenvalue weighted by atomic mass is 16.5. The van der Waals surface area contributed by atoms with Crippen molar-refractivity contribution < 1.29 is 14.5 Å². The third kappa shape index (κ3) is 5.01. The molecule has 0 fully saturated rings. The van der Waals surface area contributed by atoms with E-state index in [0.29, 0.717) is 25.5 Å². The molecule has 2 aromatic carbocycles. The van der Waals surface area contributed by atoms with Crippen LogP contribution in [0.25, 0.3) is 0 Å². The molecule has 0 saturated carbocycles. The molecule has 2 rings (SSSR count). The fourth-order valence-electron chi connectivity index (χ4n) is 2.03. The Labute approximate surface area is 144 Å². The first kappa shape index (κ1) is 18.4. The molecular formula is C19H26BNO3. The van der Waals surface area contributed by atoms with E-state index in [-0.39, 0.29) is 0 Å². The maximum absolute atomic E-state index is 10.2. The predicted molar refractivity (Wildman–Crippen MR) is 99.9 cm³/mol. The number of aliphatic hydroxyl groups is 1. The Bertz CT molecular complexity index is 666. The van der Waals surface area contributed by atoms with Crippen LogP contribution in [0, 0.1) is 0 Å².